The van der Waals surface area contributed by atoms with E-state index < -0.39 is 4.92 Å². The summed E-state index contributed by atoms with van der Waals surface area (Å²) in [5, 5.41) is 17.3. The average molecular weight is 489 g/mol. The Morgan fingerprint density at radius 3 is 2.63 bits per heavy atom. The van der Waals surface area contributed by atoms with Gasteiger partial charge in [0.15, 0.2) is 5.96 Å². The number of guanidine groups is 1. The van der Waals surface area contributed by atoms with Crippen LogP contribution < -0.4 is 10.6 Å². The third-order valence-electron chi connectivity index (χ3n) is 4.21. The van der Waals surface area contributed by atoms with Gasteiger partial charge in [-0.2, -0.15) is 0 Å². The molecule has 1 aliphatic rings. The van der Waals surface area contributed by atoms with E-state index in [1.807, 2.05) is 0 Å². The minimum absolute atomic E-state index is 0. The quantitative estimate of drug-likeness (QED) is 0.145. The van der Waals surface area contributed by atoms with Crippen molar-refractivity contribution in [2.45, 2.75) is 19.5 Å². The second-order valence-corrected chi connectivity index (χ2v) is 6.14. The lowest BCUT2D eigenvalue weighted by Crippen LogP contribution is -2.49. The highest BCUT2D eigenvalue weighted by Crippen LogP contribution is 2.12. The first-order valence-corrected chi connectivity index (χ1v) is 8.78. The molecule has 1 saturated heterocycles. The molecular formula is C18H28IN5O3. The number of non-ortho nitro benzene ring substituents is 1. The molecule has 0 radical (unpaired) electrons. The summed E-state index contributed by atoms with van der Waals surface area (Å²) in [5.41, 5.74) is 0.997. The molecule has 0 saturated carbocycles. The molecule has 1 atom stereocenters. The predicted molar refractivity (Wildman–Crippen MR) is 118 cm³/mol. The van der Waals surface area contributed by atoms with Crippen molar-refractivity contribution in [3.8, 4) is 0 Å². The molecule has 150 valence electrons. The van der Waals surface area contributed by atoms with Crippen LogP contribution in [0.15, 0.2) is 41.9 Å². The molecule has 1 aliphatic heterocycles. The summed E-state index contributed by atoms with van der Waals surface area (Å²) >= 11 is 0. The lowest BCUT2D eigenvalue weighted by molar-refractivity contribution is -0.384. The maximum Gasteiger partial charge on any atom is 0.269 e. The molecule has 1 heterocycles. The van der Waals surface area contributed by atoms with E-state index in [9.17, 15) is 10.1 Å². The molecule has 27 heavy (non-hydrogen) atoms. The van der Waals surface area contributed by atoms with E-state index in [1.54, 1.807) is 18.2 Å². The highest BCUT2D eigenvalue weighted by molar-refractivity contribution is 14.0. The Balaban J connectivity index is 0.00000364. The van der Waals surface area contributed by atoms with Gasteiger partial charge in [-0.3, -0.25) is 15.0 Å². The van der Waals surface area contributed by atoms with Gasteiger partial charge < -0.3 is 15.4 Å². The summed E-state index contributed by atoms with van der Waals surface area (Å²) in [6, 6.07) is 6.81. The van der Waals surface area contributed by atoms with Crippen LogP contribution in [0.2, 0.25) is 0 Å². The van der Waals surface area contributed by atoms with E-state index in [-0.39, 0.29) is 29.7 Å². The lowest BCUT2D eigenvalue weighted by Gasteiger charge is -2.32. The van der Waals surface area contributed by atoms with E-state index in [2.05, 4.69) is 34.0 Å². The van der Waals surface area contributed by atoms with Gasteiger partial charge in [-0.1, -0.05) is 18.2 Å². The summed E-state index contributed by atoms with van der Waals surface area (Å²) in [6.07, 6.45) is 1.77. The maximum atomic E-state index is 10.7. The first kappa shape index (κ1) is 23.3. The number of hydrogen-bond acceptors (Lipinski definition) is 5. The number of nitro benzene ring substituents is 1. The zero-order chi connectivity index (χ0) is 18.8. The number of hydrogen-bond donors (Lipinski definition) is 2. The van der Waals surface area contributed by atoms with Crippen LogP contribution >= 0.6 is 24.0 Å². The fourth-order valence-corrected chi connectivity index (χ4v) is 2.63. The molecule has 8 nitrogen and oxygen atoms in total. The molecule has 0 aromatic heterocycles. The number of nitro groups is 1. The first-order valence-electron chi connectivity index (χ1n) is 8.78. The molecule has 1 fully saturated rings. The number of morpholine rings is 1. The summed E-state index contributed by atoms with van der Waals surface area (Å²) in [6.45, 7) is 11.2. The van der Waals surface area contributed by atoms with Crippen molar-refractivity contribution in [1.29, 1.82) is 0 Å². The number of ether oxygens (including phenoxy) is 1. The summed E-state index contributed by atoms with van der Waals surface area (Å²) in [5.74, 6) is 0.698. The van der Waals surface area contributed by atoms with Crippen molar-refractivity contribution in [1.82, 2.24) is 15.5 Å². The largest absolute Gasteiger partial charge is 0.379 e. The van der Waals surface area contributed by atoms with Gasteiger partial charge in [0, 0.05) is 44.4 Å². The fraction of sp³-hybridized carbons (Fsp3) is 0.500. The Morgan fingerprint density at radius 1 is 1.37 bits per heavy atom. The average Bonchev–Trinajstić information content (AvgIpc) is 2.68. The van der Waals surface area contributed by atoms with Crippen molar-refractivity contribution >= 4 is 35.6 Å². The molecule has 0 spiro atoms. The summed E-state index contributed by atoms with van der Waals surface area (Å²) in [7, 11) is 0. The minimum Gasteiger partial charge on any atom is -0.379 e. The molecule has 1 aromatic rings. The Bertz CT molecular complexity index is 618. The van der Waals surface area contributed by atoms with Crippen LogP contribution in [0.5, 0.6) is 0 Å². The Hall–Kier alpha value is -1.72. The van der Waals surface area contributed by atoms with Crippen molar-refractivity contribution in [2.24, 2.45) is 4.99 Å². The van der Waals surface area contributed by atoms with Gasteiger partial charge >= 0.3 is 0 Å². The van der Waals surface area contributed by atoms with Gasteiger partial charge in [-0.25, -0.2) is 4.99 Å². The smallest absolute Gasteiger partial charge is 0.269 e. The van der Waals surface area contributed by atoms with Gasteiger partial charge in [-0.05, 0) is 12.5 Å². The van der Waals surface area contributed by atoms with Crippen LogP contribution in [-0.4, -0.2) is 61.2 Å². The summed E-state index contributed by atoms with van der Waals surface area (Å²) in [4.78, 5) is 17.3. The number of nitrogens with zero attached hydrogens (tertiary/aromatic N) is 3. The van der Waals surface area contributed by atoms with Crippen molar-refractivity contribution in [3.05, 3.63) is 52.6 Å². The van der Waals surface area contributed by atoms with E-state index >= 15 is 0 Å². The zero-order valence-corrected chi connectivity index (χ0v) is 17.9. The van der Waals surface area contributed by atoms with Gasteiger partial charge in [-0.15, -0.1) is 30.6 Å². The highest BCUT2D eigenvalue weighted by atomic mass is 127. The third kappa shape index (κ3) is 8.22. The monoisotopic (exact) mass is 489 g/mol. The predicted octanol–water partition coefficient (Wildman–Crippen LogP) is 2.15. The normalized spacial score (nSPS) is 16.1. The van der Waals surface area contributed by atoms with E-state index in [1.165, 1.54) is 12.1 Å². The van der Waals surface area contributed by atoms with Crippen LogP contribution in [0.25, 0.3) is 0 Å². The molecule has 1 aromatic carbocycles. The van der Waals surface area contributed by atoms with Crippen molar-refractivity contribution in [3.63, 3.8) is 0 Å². The van der Waals surface area contributed by atoms with Gasteiger partial charge in [0.25, 0.3) is 5.69 Å². The SMILES string of the molecule is C=CCNC(=NCc1ccc([N+](=O)[O-])cc1)NCC(C)N1CCOCC1.I. The highest BCUT2D eigenvalue weighted by Gasteiger charge is 2.17. The fourth-order valence-electron chi connectivity index (χ4n) is 2.63. The number of halogens is 1. The van der Waals surface area contributed by atoms with Crippen LogP contribution in [0.4, 0.5) is 5.69 Å². The van der Waals surface area contributed by atoms with E-state index in [0.717, 1.165) is 38.4 Å². The Labute approximate surface area is 177 Å². The third-order valence-corrected chi connectivity index (χ3v) is 4.21. The van der Waals surface area contributed by atoms with E-state index in [0.29, 0.717) is 25.1 Å². The number of nitrogens with one attached hydrogen (secondary N) is 2. The molecule has 0 amide bonds. The Morgan fingerprint density at radius 2 is 2.04 bits per heavy atom. The molecule has 9 heteroatoms. The van der Waals surface area contributed by atoms with Gasteiger partial charge in [0.1, 0.15) is 0 Å². The number of aliphatic imine (C=N–C) groups is 1. The summed E-state index contributed by atoms with van der Waals surface area (Å²) < 4.78 is 5.39. The van der Waals surface area contributed by atoms with Crippen molar-refractivity contribution < 1.29 is 9.66 Å². The topological polar surface area (TPSA) is 92.0 Å². The number of benzene rings is 1. The second-order valence-electron chi connectivity index (χ2n) is 6.14. The molecular weight excluding hydrogens is 461 g/mol. The lowest BCUT2D eigenvalue weighted by atomic mass is 10.2. The Kier molecular flexibility index (Phi) is 10.9. The molecule has 0 bridgehead atoms. The zero-order valence-electron chi connectivity index (χ0n) is 15.6. The van der Waals surface area contributed by atoms with E-state index in [4.69, 9.17) is 4.74 Å². The van der Waals surface area contributed by atoms with Crippen LogP contribution in [0.1, 0.15) is 12.5 Å². The first-order chi connectivity index (χ1) is 12.6. The minimum atomic E-state index is -0.404. The van der Waals surface area contributed by atoms with Gasteiger partial charge in [0.2, 0.25) is 0 Å². The standard InChI is InChI=1S/C18H27N5O3.HI/c1-3-8-19-18(20-13-15(2)22-9-11-26-12-10-22)21-14-16-4-6-17(7-5-16)23(24)25;/h3-7,15H,1,8-14H2,2H3,(H2,19,20,21);1H. The van der Waals surface area contributed by atoms with Crippen LogP contribution in [0.3, 0.4) is 0 Å². The molecule has 1 unspecified atom stereocenters. The maximum absolute atomic E-state index is 10.7. The van der Waals surface area contributed by atoms with Crippen molar-refractivity contribution in [2.75, 3.05) is 39.4 Å². The molecule has 2 rings (SSSR count). The second kappa shape index (κ2) is 12.6. The molecule has 2 N–H and O–H groups in total. The van der Waals surface area contributed by atoms with Gasteiger partial charge in [0.05, 0.1) is 24.7 Å². The number of rotatable bonds is 8. The molecule has 0 aliphatic carbocycles. The van der Waals surface area contributed by atoms with Crippen LogP contribution in [0, 0.1) is 10.1 Å². The van der Waals surface area contributed by atoms with Crippen LogP contribution in [-0.2, 0) is 11.3 Å².